The summed E-state index contributed by atoms with van der Waals surface area (Å²) < 4.78 is 19.5. The lowest BCUT2D eigenvalue weighted by molar-refractivity contribution is 0.112. The minimum Gasteiger partial charge on any atom is -0.448 e. The van der Waals surface area contributed by atoms with Gasteiger partial charge < -0.3 is 4.74 Å². The van der Waals surface area contributed by atoms with Crippen molar-refractivity contribution in [2.45, 2.75) is 19.8 Å². The molecular weight excluding hydrogens is 251 g/mol. The second kappa shape index (κ2) is 5.60. The van der Waals surface area contributed by atoms with E-state index in [1.807, 2.05) is 6.92 Å². The van der Waals surface area contributed by atoms with Gasteiger partial charge in [0.25, 0.3) is 0 Å². The van der Waals surface area contributed by atoms with E-state index in [4.69, 9.17) is 4.74 Å². The minimum absolute atomic E-state index is 0.0635. The monoisotopic (exact) mass is 264 g/mol. The summed E-state index contributed by atoms with van der Waals surface area (Å²) in [6.45, 7) is 2.28. The van der Waals surface area contributed by atoms with E-state index in [2.05, 4.69) is 5.10 Å². The highest BCUT2D eigenvalue weighted by molar-refractivity contribution is 5.91. The Morgan fingerprint density at radius 1 is 1.53 bits per heavy atom. The van der Waals surface area contributed by atoms with E-state index >= 15 is 0 Å². The number of aldehydes is 1. The summed E-state index contributed by atoms with van der Waals surface area (Å²) in [4.78, 5) is 22.4. The molecule has 0 aliphatic heterocycles. The molecule has 2 aromatic rings. The van der Waals surface area contributed by atoms with Crippen LogP contribution >= 0.6 is 0 Å². The lowest BCUT2D eigenvalue weighted by Gasteiger charge is -2.04. The summed E-state index contributed by atoms with van der Waals surface area (Å²) in [6.07, 6.45) is 2.83. The topological polar surface area (TPSA) is 61.2 Å². The van der Waals surface area contributed by atoms with E-state index < -0.39 is 11.9 Å². The zero-order chi connectivity index (χ0) is 13.8. The second-order valence-corrected chi connectivity index (χ2v) is 4.07. The van der Waals surface area contributed by atoms with Crippen LogP contribution in [0.25, 0.3) is 10.9 Å². The molecule has 0 N–H and O–H groups in total. The molecule has 100 valence electrons. The van der Waals surface area contributed by atoms with Crippen molar-refractivity contribution < 1.29 is 18.7 Å². The number of carbonyl (C=O) groups excluding carboxylic acids is 2. The Kier molecular flexibility index (Phi) is 3.89. The van der Waals surface area contributed by atoms with Crippen molar-refractivity contribution >= 4 is 23.3 Å². The van der Waals surface area contributed by atoms with Gasteiger partial charge in [-0.2, -0.15) is 9.78 Å². The molecule has 1 heterocycles. The molecule has 1 aromatic carbocycles. The number of hydrogen-bond donors (Lipinski definition) is 0. The number of halogens is 1. The summed E-state index contributed by atoms with van der Waals surface area (Å²) in [7, 11) is 0. The van der Waals surface area contributed by atoms with Crippen LogP contribution in [0.1, 0.15) is 30.1 Å². The molecule has 0 bridgehead atoms. The van der Waals surface area contributed by atoms with Crippen LogP contribution in [0.15, 0.2) is 18.3 Å². The van der Waals surface area contributed by atoms with Gasteiger partial charge in [-0.1, -0.05) is 13.3 Å². The molecule has 0 aliphatic carbocycles. The third-order valence-corrected chi connectivity index (χ3v) is 2.71. The second-order valence-electron chi connectivity index (χ2n) is 4.07. The first-order valence-electron chi connectivity index (χ1n) is 5.97. The lowest BCUT2D eigenvalue weighted by Crippen LogP contribution is -2.15. The van der Waals surface area contributed by atoms with Crippen LogP contribution in [0.4, 0.5) is 9.18 Å². The summed E-state index contributed by atoms with van der Waals surface area (Å²) in [5.74, 6) is -0.689. The first kappa shape index (κ1) is 13.2. The van der Waals surface area contributed by atoms with E-state index in [1.165, 1.54) is 12.3 Å². The van der Waals surface area contributed by atoms with Gasteiger partial charge in [0, 0.05) is 11.5 Å². The highest BCUT2D eigenvalue weighted by Crippen LogP contribution is 2.18. The number of hydrogen-bond acceptors (Lipinski definition) is 4. The van der Waals surface area contributed by atoms with E-state index in [9.17, 15) is 14.0 Å². The van der Waals surface area contributed by atoms with Crippen LogP contribution in [0.3, 0.4) is 0 Å². The fourth-order valence-electron chi connectivity index (χ4n) is 1.67. The largest absolute Gasteiger partial charge is 0.448 e. The number of benzene rings is 1. The van der Waals surface area contributed by atoms with Crippen molar-refractivity contribution in [1.82, 2.24) is 9.78 Å². The van der Waals surface area contributed by atoms with Gasteiger partial charge in [0.15, 0.2) is 6.29 Å². The Bertz CT molecular complexity index is 622. The smallest absolute Gasteiger partial charge is 0.435 e. The molecule has 0 saturated heterocycles. The molecule has 2 rings (SSSR count). The first-order valence-corrected chi connectivity index (χ1v) is 5.97. The van der Waals surface area contributed by atoms with Gasteiger partial charge in [0.1, 0.15) is 5.82 Å². The molecule has 0 amide bonds. The predicted octanol–water partition coefficient (Wildman–Crippen LogP) is 2.77. The third-order valence-electron chi connectivity index (χ3n) is 2.71. The highest BCUT2D eigenvalue weighted by atomic mass is 19.1. The normalized spacial score (nSPS) is 10.6. The van der Waals surface area contributed by atoms with Crippen molar-refractivity contribution in [2.24, 2.45) is 0 Å². The highest BCUT2D eigenvalue weighted by Gasteiger charge is 2.14. The Balaban J connectivity index is 2.32. The van der Waals surface area contributed by atoms with Gasteiger partial charge in [0.05, 0.1) is 23.9 Å². The quantitative estimate of drug-likeness (QED) is 0.629. The molecular formula is C13H13FN2O3. The molecule has 0 fully saturated rings. The predicted molar refractivity (Wildman–Crippen MR) is 66.7 cm³/mol. The Morgan fingerprint density at radius 3 is 3.00 bits per heavy atom. The molecule has 0 radical (unpaired) electrons. The number of ether oxygens (including phenoxy) is 1. The van der Waals surface area contributed by atoms with Crippen molar-refractivity contribution in [3.8, 4) is 0 Å². The van der Waals surface area contributed by atoms with Crippen LogP contribution in [-0.2, 0) is 4.74 Å². The van der Waals surface area contributed by atoms with Gasteiger partial charge in [-0.15, -0.1) is 0 Å². The van der Waals surface area contributed by atoms with Crippen LogP contribution in [0.2, 0.25) is 0 Å². The van der Waals surface area contributed by atoms with Crippen molar-refractivity contribution in [3.63, 3.8) is 0 Å². The van der Waals surface area contributed by atoms with Gasteiger partial charge in [-0.05, 0) is 12.5 Å². The SMILES string of the molecule is CCCCOC(=O)n1ncc2cc(C=O)c(F)cc21. The molecule has 0 unspecified atom stereocenters. The maximum absolute atomic E-state index is 13.5. The summed E-state index contributed by atoms with van der Waals surface area (Å²) in [5, 5.41) is 4.36. The average molecular weight is 264 g/mol. The Morgan fingerprint density at radius 2 is 2.32 bits per heavy atom. The fourth-order valence-corrected chi connectivity index (χ4v) is 1.67. The van der Waals surface area contributed by atoms with Gasteiger partial charge in [0.2, 0.25) is 0 Å². The van der Waals surface area contributed by atoms with Gasteiger partial charge in [-0.25, -0.2) is 9.18 Å². The minimum atomic E-state index is -0.689. The maximum atomic E-state index is 13.5. The zero-order valence-electron chi connectivity index (χ0n) is 10.4. The van der Waals surface area contributed by atoms with Crippen molar-refractivity contribution in [2.75, 3.05) is 6.61 Å². The number of unbranched alkanes of at least 4 members (excludes halogenated alkanes) is 1. The molecule has 6 heteroatoms. The summed E-state index contributed by atoms with van der Waals surface area (Å²) in [6, 6.07) is 2.45. The standard InChI is InChI=1S/C13H13FN2O3/c1-2-3-4-19-13(18)16-12-6-11(14)10(8-17)5-9(12)7-15-16/h5-8H,2-4H2,1H3. The molecule has 0 saturated carbocycles. The third kappa shape index (κ3) is 2.62. The van der Waals surface area contributed by atoms with Gasteiger partial charge in [-0.3, -0.25) is 4.79 Å². The number of carbonyl (C=O) groups is 2. The Labute approximate surface area is 109 Å². The lowest BCUT2D eigenvalue weighted by atomic mass is 10.1. The average Bonchev–Trinajstić information content (AvgIpc) is 2.80. The molecule has 5 nitrogen and oxygen atoms in total. The van der Waals surface area contributed by atoms with E-state index in [0.29, 0.717) is 18.3 Å². The van der Waals surface area contributed by atoms with Crippen molar-refractivity contribution in [1.29, 1.82) is 0 Å². The molecule has 0 aliphatic rings. The summed E-state index contributed by atoms with van der Waals surface area (Å²) in [5.41, 5.74) is 0.219. The van der Waals surface area contributed by atoms with E-state index in [0.717, 1.165) is 23.6 Å². The number of fused-ring (bicyclic) bond motifs is 1. The van der Waals surface area contributed by atoms with Crippen LogP contribution in [-0.4, -0.2) is 28.8 Å². The fraction of sp³-hybridized carbons (Fsp3) is 0.308. The molecule has 1 aromatic heterocycles. The first-order chi connectivity index (χ1) is 9.17. The number of aromatic nitrogens is 2. The van der Waals surface area contributed by atoms with E-state index in [-0.39, 0.29) is 11.1 Å². The molecule has 19 heavy (non-hydrogen) atoms. The maximum Gasteiger partial charge on any atom is 0.435 e. The van der Waals surface area contributed by atoms with Crippen LogP contribution < -0.4 is 0 Å². The van der Waals surface area contributed by atoms with Crippen LogP contribution in [0, 0.1) is 5.82 Å². The van der Waals surface area contributed by atoms with E-state index in [1.54, 1.807) is 0 Å². The van der Waals surface area contributed by atoms with Crippen LogP contribution in [0.5, 0.6) is 0 Å². The summed E-state index contributed by atoms with van der Waals surface area (Å²) >= 11 is 0. The van der Waals surface area contributed by atoms with Gasteiger partial charge >= 0.3 is 6.09 Å². The zero-order valence-corrected chi connectivity index (χ0v) is 10.4. The number of nitrogens with zero attached hydrogens (tertiary/aromatic N) is 2. The molecule has 0 spiro atoms. The van der Waals surface area contributed by atoms with Crippen molar-refractivity contribution in [3.05, 3.63) is 29.7 Å². The Hall–Kier alpha value is -2.24. The number of rotatable bonds is 4. The molecule has 0 atom stereocenters.